The minimum atomic E-state index is -0.479. The summed E-state index contributed by atoms with van der Waals surface area (Å²) in [5.41, 5.74) is 1.96. The van der Waals surface area contributed by atoms with Crippen LogP contribution in [0.3, 0.4) is 0 Å². The van der Waals surface area contributed by atoms with E-state index in [1.807, 2.05) is 43.5 Å². The van der Waals surface area contributed by atoms with Crippen LogP contribution in [0.5, 0.6) is 5.75 Å². The van der Waals surface area contributed by atoms with E-state index in [-0.39, 0.29) is 23.8 Å². The number of hydrogen-bond donors (Lipinski definition) is 2. The maximum Gasteiger partial charge on any atom is 0.220 e. The van der Waals surface area contributed by atoms with Crippen LogP contribution < -0.4 is 10.1 Å². The molecule has 7 nitrogen and oxygen atoms in total. The first-order valence-corrected chi connectivity index (χ1v) is 11.5. The van der Waals surface area contributed by atoms with Crippen molar-refractivity contribution in [3.63, 3.8) is 0 Å². The highest BCUT2D eigenvalue weighted by Gasteiger charge is 2.29. The standard InChI is InChI=1S/C25H33N3O4/c1-17(24-4-3-13-32-24)14-25(30)27-18-8-11-28(12-9-18)16-23(29)20-7-10-26-22-6-5-19(31-2)15-21(20)22/h3-6,10,13,15,17-18,20,23,29H,7-9,11-12,14,16H2,1-2H3,(H,27,30)/t17?,20?,23-/m0/s1. The van der Waals surface area contributed by atoms with Crippen LogP contribution in [-0.2, 0) is 4.79 Å². The van der Waals surface area contributed by atoms with Crippen molar-refractivity contribution in [1.29, 1.82) is 0 Å². The fourth-order valence-electron chi connectivity index (χ4n) is 4.72. The van der Waals surface area contributed by atoms with Crippen molar-refractivity contribution in [2.75, 3.05) is 26.7 Å². The van der Waals surface area contributed by atoms with Gasteiger partial charge in [0.15, 0.2) is 0 Å². The molecule has 1 saturated heterocycles. The Balaban J connectivity index is 1.25. The molecule has 3 atom stereocenters. The van der Waals surface area contributed by atoms with E-state index in [9.17, 15) is 9.90 Å². The number of methoxy groups -OCH3 is 1. The number of furan rings is 1. The molecule has 2 aliphatic heterocycles. The van der Waals surface area contributed by atoms with Crippen molar-refractivity contribution in [3.8, 4) is 5.75 Å². The number of amides is 1. The van der Waals surface area contributed by atoms with Gasteiger partial charge in [-0.1, -0.05) is 6.92 Å². The zero-order chi connectivity index (χ0) is 22.5. The van der Waals surface area contributed by atoms with E-state index in [0.717, 1.165) is 55.1 Å². The average molecular weight is 440 g/mol. The quantitative estimate of drug-likeness (QED) is 0.656. The van der Waals surface area contributed by atoms with Gasteiger partial charge in [-0.05, 0) is 55.2 Å². The maximum atomic E-state index is 12.4. The molecule has 3 heterocycles. The zero-order valence-electron chi connectivity index (χ0n) is 18.9. The minimum absolute atomic E-state index is 0.0121. The third-order valence-corrected chi connectivity index (χ3v) is 6.61. The van der Waals surface area contributed by atoms with Gasteiger partial charge in [0.25, 0.3) is 0 Å². The van der Waals surface area contributed by atoms with Crippen LogP contribution in [0.15, 0.2) is 46.0 Å². The van der Waals surface area contributed by atoms with Gasteiger partial charge in [0.05, 0.1) is 25.2 Å². The summed E-state index contributed by atoms with van der Waals surface area (Å²) >= 11 is 0. The van der Waals surface area contributed by atoms with E-state index >= 15 is 0 Å². The molecule has 2 aromatic rings. The fraction of sp³-hybridized carbons (Fsp3) is 0.520. The first-order valence-electron chi connectivity index (χ1n) is 11.5. The molecule has 1 fully saturated rings. The molecule has 4 rings (SSSR count). The molecule has 1 aromatic heterocycles. The van der Waals surface area contributed by atoms with Gasteiger partial charge in [0.1, 0.15) is 11.5 Å². The Hall–Kier alpha value is -2.64. The Labute approximate surface area is 189 Å². The molecule has 1 amide bonds. The molecule has 32 heavy (non-hydrogen) atoms. The highest BCUT2D eigenvalue weighted by Crippen LogP contribution is 2.37. The van der Waals surface area contributed by atoms with Crippen LogP contribution in [-0.4, -0.2) is 61.0 Å². The zero-order valence-corrected chi connectivity index (χ0v) is 18.9. The van der Waals surface area contributed by atoms with Crippen LogP contribution in [0.1, 0.15) is 55.8 Å². The number of likely N-dealkylation sites (tertiary alicyclic amines) is 1. The predicted molar refractivity (Wildman–Crippen MR) is 124 cm³/mol. The number of hydrogen-bond acceptors (Lipinski definition) is 6. The van der Waals surface area contributed by atoms with Gasteiger partial charge in [-0.2, -0.15) is 0 Å². The number of fused-ring (bicyclic) bond motifs is 1. The summed E-state index contributed by atoms with van der Waals surface area (Å²) < 4.78 is 10.8. The number of ether oxygens (including phenoxy) is 1. The Morgan fingerprint density at radius 2 is 2.16 bits per heavy atom. The maximum absolute atomic E-state index is 12.4. The summed E-state index contributed by atoms with van der Waals surface area (Å²) in [7, 11) is 1.65. The molecule has 1 aromatic carbocycles. The summed E-state index contributed by atoms with van der Waals surface area (Å²) in [5.74, 6) is 1.78. The molecule has 2 N–H and O–H groups in total. The molecule has 7 heteroatoms. The summed E-state index contributed by atoms with van der Waals surface area (Å²) in [5, 5.41) is 14.2. The largest absolute Gasteiger partial charge is 0.497 e. The molecule has 0 saturated carbocycles. The number of nitrogens with one attached hydrogen (secondary N) is 1. The van der Waals surface area contributed by atoms with Crippen molar-refractivity contribution in [3.05, 3.63) is 47.9 Å². The highest BCUT2D eigenvalue weighted by atomic mass is 16.5. The molecule has 2 unspecified atom stereocenters. The average Bonchev–Trinajstić information content (AvgIpc) is 3.34. The summed E-state index contributed by atoms with van der Waals surface area (Å²) in [4.78, 5) is 19.2. The number of aliphatic hydroxyl groups excluding tert-OH is 1. The number of β-amino-alcohol motifs (C(OH)–C–C–N with tert-alkyl or cyclic N) is 1. The summed E-state index contributed by atoms with van der Waals surface area (Å²) in [6.07, 6.45) is 6.00. The molecular weight excluding hydrogens is 406 g/mol. The van der Waals surface area contributed by atoms with E-state index < -0.39 is 6.10 Å². The van der Waals surface area contributed by atoms with Gasteiger partial charge in [-0.25, -0.2) is 0 Å². The number of aliphatic imine (C=N–C) groups is 1. The van der Waals surface area contributed by atoms with Crippen molar-refractivity contribution in [2.45, 2.75) is 56.6 Å². The molecule has 0 spiro atoms. The van der Waals surface area contributed by atoms with Crippen LogP contribution in [0.25, 0.3) is 0 Å². The van der Waals surface area contributed by atoms with Crippen molar-refractivity contribution in [1.82, 2.24) is 10.2 Å². The van der Waals surface area contributed by atoms with Gasteiger partial charge in [-0.15, -0.1) is 0 Å². The number of aliphatic hydroxyl groups is 1. The Morgan fingerprint density at radius 3 is 2.88 bits per heavy atom. The Kier molecular flexibility index (Phi) is 7.27. The number of carbonyl (C=O) groups excluding carboxylic acids is 1. The highest BCUT2D eigenvalue weighted by molar-refractivity contribution is 5.77. The fourth-order valence-corrected chi connectivity index (χ4v) is 4.72. The van der Waals surface area contributed by atoms with Crippen molar-refractivity contribution < 1.29 is 19.1 Å². The predicted octanol–water partition coefficient (Wildman–Crippen LogP) is 3.61. The lowest BCUT2D eigenvalue weighted by molar-refractivity contribution is -0.122. The second-order valence-corrected chi connectivity index (χ2v) is 8.91. The number of piperidine rings is 1. The first kappa shape index (κ1) is 22.6. The molecule has 0 radical (unpaired) electrons. The van der Waals surface area contributed by atoms with Crippen LogP contribution in [0.4, 0.5) is 5.69 Å². The molecule has 2 aliphatic rings. The lowest BCUT2D eigenvalue weighted by atomic mass is 9.87. The van der Waals surface area contributed by atoms with Crippen molar-refractivity contribution >= 4 is 17.8 Å². The number of benzene rings is 1. The van der Waals surface area contributed by atoms with Gasteiger partial charge < -0.3 is 24.5 Å². The number of rotatable bonds is 8. The lowest BCUT2D eigenvalue weighted by Crippen LogP contribution is -2.47. The van der Waals surface area contributed by atoms with Gasteiger partial charge in [0.2, 0.25) is 5.91 Å². The first-order chi connectivity index (χ1) is 15.5. The van der Waals surface area contributed by atoms with Crippen molar-refractivity contribution in [2.24, 2.45) is 4.99 Å². The van der Waals surface area contributed by atoms with Crippen LogP contribution in [0, 0.1) is 0 Å². The third-order valence-electron chi connectivity index (χ3n) is 6.61. The van der Waals surface area contributed by atoms with E-state index in [4.69, 9.17) is 9.15 Å². The Bertz CT molecular complexity index is 919. The van der Waals surface area contributed by atoms with E-state index in [2.05, 4.69) is 15.2 Å². The molecule has 0 aliphatic carbocycles. The van der Waals surface area contributed by atoms with Crippen LogP contribution >= 0.6 is 0 Å². The monoisotopic (exact) mass is 439 g/mol. The topological polar surface area (TPSA) is 87.3 Å². The smallest absolute Gasteiger partial charge is 0.220 e. The minimum Gasteiger partial charge on any atom is -0.497 e. The third kappa shape index (κ3) is 5.40. The number of nitrogens with zero attached hydrogens (tertiary/aromatic N) is 2. The normalized spacial score (nSPS) is 21.0. The second kappa shape index (κ2) is 10.3. The Morgan fingerprint density at radius 1 is 1.34 bits per heavy atom. The number of carbonyl (C=O) groups is 1. The van der Waals surface area contributed by atoms with E-state index in [1.165, 1.54) is 0 Å². The molecular formula is C25H33N3O4. The second-order valence-electron chi connectivity index (χ2n) is 8.91. The van der Waals surface area contributed by atoms with Gasteiger partial charge in [0, 0.05) is 50.1 Å². The molecule has 0 bridgehead atoms. The summed E-state index contributed by atoms with van der Waals surface area (Å²) in [6.45, 7) is 4.35. The summed E-state index contributed by atoms with van der Waals surface area (Å²) in [6, 6.07) is 9.79. The molecule has 172 valence electrons. The lowest BCUT2D eigenvalue weighted by Gasteiger charge is -2.35. The van der Waals surface area contributed by atoms with Gasteiger partial charge >= 0.3 is 0 Å². The van der Waals surface area contributed by atoms with E-state index in [1.54, 1.807) is 13.4 Å². The van der Waals surface area contributed by atoms with Crippen LogP contribution in [0.2, 0.25) is 0 Å². The van der Waals surface area contributed by atoms with Gasteiger partial charge in [-0.3, -0.25) is 9.79 Å². The van der Waals surface area contributed by atoms with E-state index in [0.29, 0.717) is 13.0 Å². The SMILES string of the molecule is COc1ccc2c(c1)C([C@@H](O)CN1CCC(NC(=O)CC(C)c3ccco3)CC1)CC=N2.